The molecule has 134 valence electrons. The van der Waals surface area contributed by atoms with Gasteiger partial charge in [-0.05, 0) is 24.3 Å². The molecule has 0 N–H and O–H groups in total. The molecule has 7 nitrogen and oxygen atoms in total. The minimum Gasteiger partial charge on any atom is -0.439 e. The molecule has 1 aromatic heterocycles. The van der Waals surface area contributed by atoms with Crippen LogP contribution in [0.15, 0.2) is 41.6 Å². The van der Waals surface area contributed by atoms with Gasteiger partial charge in [-0.1, -0.05) is 0 Å². The molecule has 1 aliphatic heterocycles. The van der Waals surface area contributed by atoms with Crippen molar-refractivity contribution in [2.75, 3.05) is 26.3 Å². The van der Waals surface area contributed by atoms with Crippen LogP contribution in [0, 0.1) is 0 Å². The van der Waals surface area contributed by atoms with E-state index in [1.54, 1.807) is 0 Å². The van der Waals surface area contributed by atoms with Gasteiger partial charge in [-0.2, -0.15) is 4.31 Å². The zero-order valence-electron chi connectivity index (χ0n) is 13.0. The number of aromatic nitrogens is 2. The van der Waals surface area contributed by atoms with Gasteiger partial charge >= 0.3 is 0 Å². The lowest BCUT2D eigenvalue weighted by Crippen LogP contribution is -2.40. The fourth-order valence-electron chi connectivity index (χ4n) is 2.27. The average Bonchev–Trinajstić information content (AvgIpc) is 2.63. The quantitative estimate of drug-likeness (QED) is 0.802. The summed E-state index contributed by atoms with van der Waals surface area (Å²) < 4.78 is 62.1. The van der Waals surface area contributed by atoms with E-state index in [0.29, 0.717) is 26.3 Å². The molecule has 3 rings (SSSR count). The molecule has 0 aliphatic carbocycles. The third-order valence-electron chi connectivity index (χ3n) is 3.54. The zero-order chi connectivity index (χ0) is 17.9. The van der Waals surface area contributed by atoms with Crippen LogP contribution in [-0.2, 0) is 14.8 Å². The third kappa shape index (κ3) is 4.09. The van der Waals surface area contributed by atoms with E-state index >= 15 is 0 Å². The normalized spacial score (nSPS) is 16.1. The molecule has 1 aromatic carbocycles. The maximum absolute atomic E-state index is 12.6. The highest BCUT2D eigenvalue weighted by Crippen LogP contribution is 2.25. The van der Waals surface area contributed by atoms with Crippen molar-refractivity contribution in [2.24, 2.45) is 0 Å². The first-order valence-electron chi connectivity index (χ1n) is 7.43. The number of morpholine rings is 1. The summed E-state index contributed by atoms with van der Waals surface area (Å²) in [6, 6.07) is 6.71. The molecule has 1 aliphatic rings. The van der Waals surface area contributed by atoms with Gasteiger partial charge in [0.15, 0.2) is 0 Å². The average molecular weight is 371 g/mol. The predicted octanol–water partition coefficient (Wildman–Crippen LogP) is 2.23. The zero-order valence-corrected chi connectivity index (χ0v) is 13.8. The van der Waals surface area contributed by atoms with Crippen LogP contribution in [0.25, 0.3) is 0 Å². The van der Waals surface area contributed by atoms with E-state index in [1.807, 2.05) is 0 Å². The van der Waals surface area contributed by atoms with Gasteiger partial charge in [0.2, 0.25) is 15.9 Å². The van der Waals surface area contributed by atoms with Crippen molar-refractivity contribution in [2.45, 2.75) is 11.3 Å². The second-order valence-corrected chi connectivity index (χ2v) is 7.11. The Bertz CT molecular complexity index is 825. The van der Waals surface area contributed by atoms with Crippen LogP contribution >= 0.6 is 0 Å². The Morgan fingerprint density at radius 3 is 2.44 bits per heavy atom. The fourth-order valence-corrected chi connectivity index (χ4v) is 3.67. The van der Waals surface area contributed by atoms with Crippen molar-refractivity contribution >= 4 is 10.0 Å². The summed E-state index contributed by atoms with van der Waals surface area (Å²) in [5.41, 5.74) is -0.448. The van der Waals surface area contributed by atoms with Gasteiger partial charge in [0.05, 0.1) is 18.1 Å². The Morgan fingerprint density at radius 2 is 1.80 bits per heavy atom. The highest BCUT2D eigenvalue weighted by molar-refractivity contribution is 7.89. The van der Waals surface area contributed by atoms with E-state index in [9.17, 15) is 17.2 Å². The molecule has 25 heavy (non-hydrogen) atoms. The van der Waals surface area contributed by atoms with Gasteiger partial charge in [0.1, 0.15) is 17.8 Å². The highest BCUT2D eigenvalue weighted by Gasteiger charge is 2.26. The molecule has 1 saturated heterocycles. The molecule has 0 spiro atoms. The molecule has 0 atom stereocenters. The Kier molecular flexibility index (Phi) is 5.21. The van der Waals surface area contributed by atoms with Crippen LogP contribution in [0.4, 0.5) is 8.78 Å². The molecular weight excluding hydrogens is 356 g/mol. The van der Waals surface area contributed by atoms with Crippen molar-refractivity contribution in [3.05, 3.63) is 42.4 Å². The minimum absolute atomic E-state index is 0.0471. The van der Waals surface area contributed by atoms with Gasteiger partial charge in [0.25, 0.3) is 6.43 Å². The van der Waals surface area contributed by atoms with E-state index in [4.69, 9.17) is 9.47 Å². The molecule has 0 saturated carbocycles. The van der Waals surface area contributed by atoms with E-state index in [-0.39, 0.29) is 16.5 Å². The van der Waals surface area contributed by atoms with Crippen molar-refractivity contribution in [3.8, 4) is 11.6 Å². The second-order valence-electron chi connectivity index (χ2n) is 5.17. The van der Waals surface area contributed by atoms with Gasteiger partial charge in [-0.3, -0.25) is 0 Å². The van der Waals surface area contributed by atoms with Crippen LogP contribution in [0.5, 0.6) is 11.6 Å². The van der Waals surface area contributed by atoms with Gasteiger partial charge in [0, 0.05) is 19.2 Å². The smallest absolute Gasteiger partial charge is 0.280 e. The Morgan fingerprint density at radius 1 is 1.12 bits per heavy atom. The number of benzene rings is 1. The van der Waals surface area contributed by atoms with Gasteiger partial charge in [-0.15, -0.1) is 0 Å². The minimum atomic E-state index is -3.60. The van der Waals surface area contributed by atoms with E-state index in [2.05, 4.69) is 9.97 Å². The molecule has 0 unspecified atom stereocenters. The predicted molar refractivity (Wildman–Crippen MR) is 83.1 cm³/mol. The lowest BCUT2D eigenvalue weighted by molar-refractivity contribution is 0.0730. The molecule has 2 heterocycles. The highest BCUT2D eigenvalue weighted by atomic mass is 32.2. The largest absolute Gasteiger partial charge is 0.439 e. The molecule has 10 heteroatoms. The molecular formula is C15H15F2N3O4S. The van der Waals surface area contributed by atoms with Crippen LogP contribution in [0.3, 0.4) is 0 Å². The van der Waals surface area contributed by atoms with Crippen LogP contribution in [-0.4, -0.2) is 49.0 Å². The van der Waals surface area contributed by atoms with Gasteiger partial charge in [-0.25, -0.2) is 27.2 Å². The lowest BCUT2D eigenvalue weighted by atomic mass is 10.3. The number of ether oxygens (including phenoxy) is 2. The maximum Gasteiger partial charge on any atom is 0.280 e. The monoisotopic (exact) mass is 371 g/mol. The fraction of sp³-hybridized carbons (Fsp3) is 0.333. The summed E-state index contributed by atoms with van der Waals surface area (Å²) >= 11 is 0. The number of rotatable bonds is 5. The standard InChI is InChI=1S/C15H15F2N3O4S/c16-15(17)13-9-14(19-10-18-13)24-11-1-3-12(4-2-11)25(21,22)20-5-7-23-8-6-20/h1-4,9-10,15H,5-8H2. The summed E-state index contributed by atoms with van der Waals surface area (Å²) in [5.74, 6) is 0.230. The van der Waals surface area contributed by atoms with Crippen LogP contribution in [0.2, 0.25) is 0 Å². The first kappa shape index (κ1) is 17.6. The Balaban J connectivity index is 1.75. The van der Waals surface area contributed by atoms with Crippen molar-refractivity contribution in [3.63, 3.8) is 0 Å². The topological polar surface area (TPSA) is 81.6 Å². The maximum atomic E-state index is 12.6. The molecule has 0 bridgehead atoms. The summed E-state index contributed by atoms with van der Waals surface area (Å²) in [5, 5.41) is 0. The summed E-state index contributed by atoms with van der Waals surface area (Å²) in [7, 11) is -3.60. The first-order valence-corrected chi connectivity index (χ1v) is 8.87. The molecule has 2 aromatic rings. The lowest BCUT2D eigenvalue weighted by Gasteiger charge is -2.26. The molecule has 0 amide bonds. The number of nitrogens with zero attached hydrogens (tertiary/aromatic N) is 3. The van der Waals surface area contributed by atoms with E-state index < -0.39 is 22.1 Å². The summed E-state index contributed by atoms with van der Waals surface area (Å²) in [6.45, 7) is 1.33. The summed E-state index contributed by atoms with van der Waals surface area (Å²) in [4.78, 5) is 7.32. The second kappa shape index (κ2) is 7.38. The number of hydrogen-bond acceptors (Lipinski definition) is 6. The SMILES string of the molecule is O=S(=O)(c1ccc(Oc2cc(C(F)F)ncn2)cc1)N1CCOCC1. The van der Waals surface area contributed by atoms with Gasteiger partial charge < -0.3 is 9.47 Å². The van der Waals surface area contributed by atoms with Crippen molar-refractivity contribution < 1.29 is 26.7 Å². The number of alkyl halides is 2. The Hall–Kier alpha value is -2.17. The van der Waals surface area contributed by atoms with Crippen molar-refractivity contribution in [1.82, 2.24) is 14.3 Å². The van der Waals surface area contributed by atoms with Crippen LogP contribution < -0.4 is 4.74 Å². The summed E-state index contributed by atoms with van der Waals surface area (Å²) in [6.07, 6.45) is -1.75. The Labute approximate surface area is 143 Å². The van der Waals surface area contributed by atoms with Crippen LogP contribution in [0.1, 0.15) is 12.1 Å². The molecule has 1 fully saturated rings. The van der Waals surface area contributed by atoms with E-state index in [0.717, 1.165) is 12.4 Å². The number of hydrogen-bond donors (Lipinski definition) is 0. The number of sulfonamides is 1. The number of halogens is 2. The third-order valence-corrected chi connectivity index (χ3v) is 5.45. The first-order chi connectivity index (χ1) is 12.0. The van der Waals surface area contributed by atoms with Crippen molar-refractivity contribution in [1.29, 1.82) is 0 Å². The molecule has 0 radical (unpaired) electrons. The van der Waals surface area contributed by atoms with E-state index in [1.165, 1.54) is 28.6 Å².